The number of nitrogen functional groups attached to an aromatic ring is 4. The van der Waals surface area contributed by atoms with Crippen molar-refractivity contribution in [1.29, 1.82) is 0 Å². The summed E-state index contributed by atoms with van der Waals surface area (Å²) in [5.74, 6) is -0.175. The van der Waals surface area contributed by atoms with Crippen LogP contribution in [0.3, 0.4) is 0 Å². The Morgan fingerprint density at radius 1 is 0.536 bits per heavy atom. The Labute approximate surface area is 492 Å². The first-order valence-electron chi connectivity index (χ1n) is 29.3. The predicted molar refractivity (Wildman–Crippen MR) is 349 cm³/mol. The SMILES string of the molecule is CNc1cc2c(cc1C)N=C1C=C(C)C(NCCCCCCNC(=O)c3ccc(-c4ccc(C(=O)NCCCCCCNc5cc6c(cc5C)nc5cc(C)c(NC)cc5[n+]6-c5ccc(N)cc5N)cc4)cc3)=CC1N2c1ccc(N)cc1N. The number of rotatable bonds is 23. The van der Waals surface area contributed by atoms with E-state index in [-0.39, 0.29) is 17.9 Å². The molecular weight excluding hydrogens is 1040 g/mol. The highest BCUT2D eigenvalue weighted by molar-refractivity contribution is 6.11. The van der Waals surface area contributed by atoms with Gasteiger partial charge < -0.3 is 59.7 Å². The van der Waals surface area contributed by atoms with Crippen molar-refractivity contribution in [2.75, 3.05) is 84.1 Å². The molecule has 432 valence electrons. The normalized spacial score (nSPS) is 13.6. The predicted octanol–water partition coefficient (Wildman–Crippen LogP) is 12.1. The first kappa shape index (κ1) is 57.7. The molecule has 0 saturated heterocycles. The monoisotopic (exact) mass is 1120 g/mol. The number of aryl methyl sites for hydroxylation is 3. The molecule has 0 fully saturated rings. The first-order chi connectivity index (χ1) is 40.7. The van der Waals surface area contributed by atoms with Crippen LogP contribution in [0.5, 0.6) is 0 Å². The van der Waals surface area contributed by atoms with Crippen LogP contribution in [-0.2, 0) is 0 Å². The van der Waals surface area contributed by atoms with Crippen LogP contribution in [-0.4, -0.2) is 68.8 Å². The topological polar surface area (TPSA) is 243 Å². The van der Waals surface area contributed by atoms with Gasteiger partial charge in [-0.25, -0.2) is 9.98 Å². The number of nitrogens with two attached hydrogens (primary N) is 4. The Hall–Kier alpha value is -9.57. The summed E-state index contributed by atoms with van der Waals surface area (Å²) in [4.78, 5) is 38.7. The van der Waals surface area contributed by atoms with Gasteiger partial charge in [-0.15, -0.1) is 4.57 Å². The molecule has 0 bridgehead atoms. The fourth-order valence-corrected chi connectivity index (χ4v) is 11.4. The van der Waals surface area contributed by atoms with Gasteiger partial charge in [0.15, 0.2) is 0 Å². The van der Waals surface area contributed by atoms with Crippen LogP contribution in [0.2, 0.25) is 0 Å². The number of aliphatic imine (C=N–C) groups is 1. The average Bonchev–Trinajstić information content (AvgIpc) is 1.41. The molecule has 0 spiro atoms. The van der Waals surface area contributed by atoms with Crippen LogP contribution in [0.4, 0.5) is 56.9 Å². The number of unbranched alkanes of at least 4 members (excludes halogenated alkanes) is 6. The number of hydrogen-bond acceptors (Lipinski definition) is 13. The minimum Gasteiger partial charge on any atom is -0.399 e. The molecule has 14 N–H and O–H groups in total. The molecule has 1 aliphatic heterocycles. The molecule has 2 aliphatic rings. The first-order valence-corrected chi connectivity index (χ1v) is 29.3. The Morgan fingerprint density at radius 2 is 1.05 bits per heavy atom. The lowest BCUT2D eigenvalue weighted by atomic mass is 9.93. The van der Waals surface area contributed by atoms with E-state index in [2.05, 4.69) is 118 Å². The molecule has 2 heterocycles. The fraction of sp³-hybridized carbons (Fsp3) is 0.279. The van der Waals surface area contributed by atoms with E-state index in [1.54, 1.807) is 6.07 Å². The summed E-state index contributed by atoms with van der Waals surface area (Å²) < 4.78 is 2.18. The number of aromatic nitrogens is 2. The molecule has 1 atom stereocenters. The Balaban J connectivity index is 0.627. The van der Waals surface area contributed by atoms with Crippen LogP contribution in [0, 0.1) is 20.8 Å². The van der Waals surface area contributed by atoms with Crippen LogP contribution in [0.15, 0.2) is 150 Å². The molecule has 0 radical (unpaired) electrons. The van der Waals surface area contributed by atoms with E-state index < -0.39 is 0 Å². The number of nitrogens with one attached hydrogen (secondary N) is 6. The van der Waals surface area contributed by atoms with Crippen LogP contribution >= 0.6 is 0 Å². The number of benzene rings is 7. The smallest absolute Gasteiger partial charge is 0.251 e. The summed E-state index contributed by atoms with van der Waals surface area (Å²) >= 11 is 0. The van der Waals surface area contributed by atoms with Crippen molar-refractivity contribution in [2.24, 2.45) is 4.99 Å². The van der Waals surface area contributed by atoms with E-state index in [9.17, 15) is 9.59 Å². The summed E-state index contributed by atoms with van der Waals surface area (Å²) in [6.07, 6.45) is 12.2. The van der Waals surface area contributed by atoms with Crippen molar-refractivity contribution < 1.29 is 14.2 Å². The van der Waals surface area contributed by atoms with E-state index in [1.807, 2.05) is 93.0 Å². The van der Waals surface area contributed by atoms with Gasteiger partial charge in [0.25, 0.3) is 11.8 Å². The standard InChI is InChI=1S/C68H78N14O2/c1-41-31-57-63(37-53(41)73-5)81(61-25-23-49(69)35-51(61)71)65-39-55(43(3)33-59(65)79-57)75-27-11-7-9-13-29-77-67(83)47-19-15-45(16-20-47)46-17-21-48(22-18-46)68(84)78-30-14-10-8-12-28-76-56-40-66-60(34-44(56)4)80-58-32-42(2)54(74-6)38-64(58)82(66)62-26-24-50(70)36-52(62)72/h15-26,31-40,65,73,75H,7-14,27-30,69-72H2,1-6H3,(H3,74,76,77,78,83,84)/p+1. The highest BCUT2D eigenvalue weighted by atomic mass is 16.2. The van der Waals surface area contributed by atoms with Gasteiger partial charge in [-0.05, 0) is 178 Å². The van der Waals surface area contributed by atoms with Crippen molar-refractivity contribution in [3.63, 3.8) is 0 Å². The van der Waals surface area contributed by atoms with Gasteiger partial charge in [-0.1, -0.05) is 49.9 Å². The number of nitrogens with zero attached hydrogens (tertiary/aromatic N) is 4. The number of carbonyl (C=O) groups is 2. The Kier molecular flexibility index (Phi) is 17.6. The summed E-state index contributed by atoms with van der Waals surface area (Å²) in [5.41, 5.74) is 47.9. The van der Waals surface area contributed by atoms with Gasteiger partial charge in [0.05, 0.1) is 34.5 Å². The molecule has 8 aromatic rings. The van der Waals surface area contributed by atoms with Crippen molar-refractivity contribution in [3.05, 3.63) is 173 Å². The van der Waals surface area contributed by atoms with Gasteiger partial charge in [0, 0.05) is 104 Å². The summed E-state index contributed by atoms with van der Waals surface area (Å²) in [7, 11) is 3.86. The molecule has 16 nitrogen and oxygen atoms in total. The summed E-state index contributed by atoms with van der Waals surface area (Å²) in [6, 6.07) is 39.2. The van der Waals surface area contributed by atoms with E-state index in [1.165, 1.54) is 0 Å². The van der Waals surface area contributed by atoms with Gasteiger partial charge in [-0.2, -0.15) is 0 Å². The summed E-state index contributed by atoms with van der Waals surface area (Å²) in [6.45, 7) is 11.2. The summed E-state index contributed by atoms with van der Waals surface area (Å²) in [5, 5.41) is 20.2. The minimum absolute atomic E-state index is 0.0868. The van der Waals surface area contributed by atoms with Gasteiger partial charge in [0.1, 0.15) is 16.7 Å². The lowest BCUT2D eigenvalue weighted by Gasteiger charge is -2.39. The number of carbonyl (C=O) groups excluding carboxylic acids is 2. The Morgan fingerprint density at radius 3 is 1.62 bits per heavy atom. The minimum atomic E-state index is -0.157. The molecule has 1 aromatic heterocycles. The van der Waals surface area contributed by atoms with E-state index in [0.29, 0.717) is 47.0 Å². The largest absolute Gasteiger partial charge is 0.399 e. The van der Waals surface area contributed by atoms with E-state index in [4.69, 9.17) is 32.9 Å². The van der Waals surface area contributed by atoms with Crippen molar-refractivity contribution >= 4 is 96.5 Å². The van der Waals surface area contributed by atoms with Gasteiger partial charge in [0.2, 0.25) is 16.7 Å². The van der Waals surface area contributed by atoms with Crippen LogP contribution < -0.4 is 64.3 Å². The molecular formula is C68H79N14O2+. The fourth-order valence-electron chi connectivity index (χ4n) is 11.4. The number of hydrogen-bond donors (Lipinski definition) is 10. The number of amides is 2. The molecule has 0 saturated carbocycles. The molecule has 10 rings (SSSR count). The van der Waals surface area contributed by atoms with Crippen LogP contribution in [0.1, 0.15) is 95.7 Å². The second kappa shape index (κ2) is 25.7. The zero-order valence-corrected chi connectivity index (χ0v) is 49.2. The molecule has 16 heteroatoms. The van der Waals surface area contributed by atoms with E-state index in [0.717, 1.165) is 171 Å². The molecule has 2 amide bonds. The van der Waals surface area contributed by atoms with E-state index >= 15 is 0 Å². The maximum absolute atomic E-state index is 13.1. The third-order valence-electron chi connectivity index (χ3n) is 16.1. The van der Waals surface area contributed by atoms with Gasteiger partial charge in [-0.3, -0.25) is 9.59 Å². The number of fused-ring (bicyclic) bond motifs is 4. The molecule has 1 unspecified atom stereocenters. The second-order valence-electron chi connectivity index (χ2n) is 22.2. The third-order valence-corrected chi connectivity index (χ3v) is 16.1. The lowest BCUT2D eigenvalue weighted by molar-refractivity contribution is -0.537. The zero-order chi connectivity index (χ0) is 59.0. The third kappa shape index (κ3) is 12.7. The molecule has 84 heavy (non-hydrogen) atoms. The van der Waals surface area contributed by atoms with Crippen LogP contribution in [0.25, 0.3) is 38.9 Å². The number of allylic oxidation sites excluding steroid dienone is 1. The average molecular weight is 1120 g/mol. The van der Waals surface area contributed by atoms with Gasteiger partial charge >= 0.3 is 0 Å². The maximum Gasteiger partial charge on any atom is 0.251 e. The lowest BCUT2D eigenvalue weighted by Crippen LogP contribution is -2.41. The number of anilines is 9. The van der Waals surface area contributed by atoms with Crippen molar-refractivity contribution in [3.8, 4) is 16.8 Å². The highest BCUT2D eigenvalue weighted by Crippen LogP contribution is 2.46. The quantitative estimate of drug-likeness (QED) is 0.0124. The Bertz CT molecular complexity index is 3870. The maximum atomic E-state index is 13.1. The second-order valence-corrected chi connectivity index (χ2v) is 22.2. The molecule has 1 aliphatic carbocycles. The highest BCUT2D eigenvalue weighted by Gasteiger charge is 2.34. The molecule has 7 aromatic carbocycles. The zero-order valence-electron chi connectivity index (χ0n) is 49.2. The van der Waals surface area contributed by atoms with Crippen molar-refractivity contribution in [1.82, 2.24) is 20.9 Å². The van der Waals surface area contributed by atoms with Crippen molar-refractivity contribution in [2.45, 2.75) is 85.1 Å².